The molecule has 146 valence electrons. The van der Waals surface area contributed by atoms with Crippen LogP contribution in [0.4, 0.5) is 0 Å². The minimum atomic E-state index is -0.558. The number of esters is 1. The van der Waals surface area contributed by atoms with E-state index in [4.69, 9.17) is 25.6 Å². The average Bonchev–Trinajstić information content (AvgIpc) is 3.25. The Bertz CT molecular complexity index is 1180. The number of nitrogens with zero attached hydrogens (tertiary/aromatic N) is 2. The zero-order chi connectivity index (χ0) is 20.5. The van der Waals surface area contributed by atoms with Crippen molar-refractivity contribution in [1.29, 1.82) is 0 Å². The van der Waals surface area contributed by atoms with Crippen molar-refractivity contribution in [3.05, 3.63) is 74.5 Å². The van der Waals surface area contributed by atoms with E-state index in [1.54, 1.807) is 32.2 Å². The Kier molecular flexibility index (Phi) is 5.25. The smallest absolute Gasteiger partial charge is 0.363 e. The number of aliphatic imine (C=N–C) groups is 1. The Morgan fingerprint density at radius 1 is 1.21 bits per heavy atom. The second-order valence-corrected chi connectivity index (χ2v) is 7.43. The third kappa shape index (κ3) is 3.71. The van der Waals surface area contributed by atoms with Gasteiger partial charge in [0.15, 0.2) is 5.70 Å². The number of rotatable bonds is 4. The van der Waals surface area contributed by atoms with E-state index in [9.17, 15) is 4.79 Å². The summed E-state index contributed by atoms with van der Waals surface area (Å²) in [7, 11) is 1.58. The van der Waals surface area contributed by atoms with Gasteiger partial charge in [0.25, 0.3) is 0 Å². The molecule has 2 aromatic carbocycles. The zero-order valence-corrected chi connectivity index (χ0v) is 17.7. The monoisotopic (exact) mass is 472 g/mol. The summed E-state index contributed by atoms with van der Waals surface area (Å²) in [6.45, 7) is 1.72. The van der Waals surface area contributed by atoms with Crippen molar-refractivity contribution >= 4 is 45.5 Å². The molecule has 2 heterocycles. The summed E-state index contributed by atoms with van der Waals surface area (Å²) in [5, 5.41) is 4.59. The number of methoxy groups -OCH3 is 1. The van der Waals surface area contributed by atoms with Crippen LogP contribution in [0.1, 0.15) is 16.9 Å². The fraction of sp³-hybridized carbons (Fsp3) is 0.0952. The van der Waals surface area contributed by atoms with Crippen LogP contribution in [0, 0.1) is 6.92 Å². The van der Waals surface area contributed by atoms with Gasteiger partial charge in [-0.2, -0.15) is 0 Å². The number of carbonyl (C=O) groups is 1. The highest BCUT2D eigenvalue weighted by atomic mass is 79.9. The highest BCUT2D eigenvalue weighted by molar-refractivity contribution is 9.10. The summed E-state index contributed by atoms with van der Waals surface area (Å²) in [4.78, 5) is 16.8. The Morgan fingerprint density at radius 2 is 2.00 bits per heavy atom. The quantitative estimate of drug-likeness (QED) is 0.374. The minimum Gasteiger partial charge on any atom is -0.496 e. The molecule has 0 unspecified atom stereocenters. The molecule has 4 rings (SSSR count). The number of aryl methyl sites for hydroxylation is 1. The molecular weight excluding hydrogens is 460 g/mol. The van der Waals surface area contributed by atoms with Crippen LogP contribution in [0.3, 0.4) is 0 Å². The van der Waals surface area contributed by atoms with Crippen molar-refractivity contribution in [3.8, 4) is 17.0 Å². The van der Waals surface area contributed by atoms with Gasteiger partial charge in [-0.15, -0.1) is 0 Å². The standard InChI is InChI=1S/C21H14BrClN2O4/c1-11-18(19(25-29-11)13-5-3-4-6-15(13)23)20-24-16(21(26)28-20)10-12-7-8-17(27-2)14(22)9-12/h3-10H,1-2H3/b16-10-. The fourth-order valence-corrected chi connectivity index (χ4v) is 3.69. The van der Waals surface area contributed by atoms with E-state index in [0.29, 0.717) is 33.4 Å². The predicted octanol–water partition coefficient (Wildman–Crippen LogP) is 5.42. The van der Waals surface area contributed by atoms with Crippen LogP contribution < -0.4 is 4.74 Å². The molecule has 0 radical (unpaired) electrons. The van der Waals surface area contributed by atoms with Gasteiger partial charge in [-0.25, -0.2) is 9.79 Å². The summed E-state index contributed by atoms with van der Waals surface area (Å²) in [6, 6.07) is 12.7. The molecule has 0 aliphatic carbocycles. The number of hydrogen-bond acceptors (Lipinski definition) is 6. The summed E-state index contributed by atoms with van der Waals surface area (Å²) in [5.41, 5.74) is 2.56. The molecule has 1 aliphatic rings. The Hall–Kier alpha value is -2.90. The van der Waals surface area contributed by atoms with Crippen molar-refractivity contribution in [1.82, 2.24) is 5.16 Å². The molecule has 0 fully saturated rings. The van der Waals surface area contributed by atoms with E-state index < -0.39 is 5.97 Å². The summed E-state index contributed by atoms with van der Waals surface area (Å²) in [6.07, 6.45) is 1.64. The maximum Gasteiger partial charge on any atom is 0.363 e. The molecule has 0 spiro atoms. The molecule has 1 aliphatic heterocycles. The first kappa shape index (κ1) is 19.4. The minimum absolute atomic E-state index is 0.127. The number of hydrogen-bond donors (Lipinski definition) is 0. The number of carbonyl (C=O) groups excluding carboxylic acids is 1. The van der Waals surface area contributed by atoms with Crippen molar-refractivity contribution in [2.75, 3.05) is 7.11 Å². The Balaban J connectivity index is 1.75. The molecule has 0 atom stereocenters. The topological polar surface area (TPSA) is 73.9 Å². The van der Waals surface area contributed by atoms with Crippen molar-refractivity contribution < 1.29 is 18.8 Å². The fourth-order valence-electron chi connectivity index (χ4n) is 2.91. The van der Waals surface area contributed by atoms with Crippen LogP contribution in [0.2, 0.25) is 5.02 Å². The normalized spacial score (nSPS) is 14.8. The molecule has 0 amide bonds. The van der Waals surface area contributed by atoms with E-state index in [1.165, 1.54) is 0 Å². The highest BCUT2D eigenvalue weighted by Gasteiger charge is 2.30. The molecular formula is C21H14BrClN2O4. The van der Waals surface area contributed by atoms with Crippen LogP contribution in [0.5, 0.6) is 5.75 Å². The molecule has 0 saturated heterocycles. The van der Waals surface area contributed by atoms with Gasteiger partial charge in [0, 0.05) is 5.56 Å². The van der Waals surface area contributed by atoms with Gasteiger partial charge >= 0.3 is 5.97 Å². The molecule has 6 nitrogen and oxygen atoms in total. The molecule has 0 N–H and O–H groups in total. The van der Waals surface area contributed by atoms with Gasteiger partial charge in [-0.05, 0) is 52.7 Å². The van der Waals surface area contributed by atoms with Crippen LogP contribution >= 0.6 is 27.5 Å². The SMILES string of the molecule is COc1ccc(/C=C2\N=C(c3c(-c4ccccc4Cl)noc3C)OC2=O)cc1Br. The largest absolute Gasteiger partial charge is 0.496 e. The maximum absolute atomic E-state index is 12.4. The van der Waals surface area contributed by atoms with Gasteiger partial charge in [-0.3, -0.25) is 0 Å². The lowest BCUT2D eigenvalue weighted by Gasteiger charge is -2.03. The Morgan fingerprint density at radius 3 is 2.72 bits per heavy atom. The maximum atomic E-state index is 12.4. The van der Waals surface area contributed by atoms with E-state index in [0.717, 1.165) is 10.0 Å². The summed E-state index contributed by atoms with van der Waals surface area (Å²) in [5.74, 6) is 0.731. The molecule has 0 bridgehead atoms. The Labute approximate surface area is 179 Å². The summed E-state index contributed by atoms with van der Waals surface area (Å²) >= 11 is 9.72. The molecule has 3 aromatic rings. The van der Waals surface area contributed by atoms with Crippen LogP contribution in [-0.4, -0.2) is 24.1 Å². The van der Waals surface area contributed by atoms with Crippen molar-refractivity contribution in [3.63, 3.8) is 0 Å². The molecule has 1 aromatic heterocycles. The van der Waals surface area contributed by atoms with Crippen molar-refractivity contribution in [2.24, 2.45) is 4.99 Å². The average molecular weight is 474 g/mol. The highest BCUT2D eigenvalue weighted by Crippen LogP contribution is 2.33. The first-order valence-electron chi connectivity index (χ1n) is 8.55. The number of benzene rings is 2. The van der Waals surface area contributed by atoms with Gasteiger partial charge in [0.1, 0.15) is 22.8 Å². The third-order valence-corrected chi connectivity index (χ3v) is 5.25. The van der Waals surface area contributed by atoms with E-state index in [2.05, 4.69) is 26.1 Å². The van der Waals surface area contributed by atoms with Crippen molar-refractivity contribution in [2.45, 2.75) is 6.92 Å². The predicted molar refractivity (Wildman–Crippen MR) is 113 cm³/mol. The van der Waals surface area contributed by atoms with E-state index in [-0.39, 0.29) is 11.6 Å². The van der Waals surface area contributed by atoms with E-state index in [1.807, 2.05) is 30.3 Å². The number of aromatic nitrogens is 1. The lowest BCUT2D eigenvalue weighted by molar-refractivity contribution is -0.129. The van der Waals surface area contributed by atoms with Crippen LogP contribution in [0.15, 0.2) is 62.1 Å². The lowest BCUT2D eigenvalue weighted by Crippen LogP contribution is -2.07. The number of ether oxygens (including phenoxy) is 2. The van der Waals surface area contributed by atoms with E-state index >= 15 is 0 Å². The second kappa shape index (κ2) is 7.85. The van der Waals surface area contributed by atoms with Crippen LogP contribution in [0.25, 0.3) is 17.3 Å². The second-order valence-electron chi connectivity index (χ2n) is 6.17. The van der Waals surface area contributed by atoms with Gasteiger partial charge < -0.3 is 14.0 Å². The number of cyclic esters (lactones) is 1. The summed E-state index contributed by atoms with van der Waals surface area (Å²) < 4.78 is 16.7. The first-order valence-corrected chi connectivity index (χ1v) is 9.72. The van der Waals surface area contributed by atoms with Gasteiger partial charge in [0.05, 0.1) is 16.6 Å². The van der Waals surface area contributed by atoms with Crippen LogP contribution in [-0.2, 0) is 9.53 Å². The molecule has 0 saturated carbocycles. The van der Waals surface area contributed by atoms with Gasteiger partial charge in [0.2, 0.25) is 5.90 Å². The third-order valence-electron chi connectivity index (χ3n) is 4.31. The zero-order valence-electron chi connectivity index (χ0n) is 15.4. The van der Waals surface area contributed by atoms with Gasteiger partial charge in [-0.1, -0.05) is 41.0 Å². The lowest BCUT2D eigenvalue weighted by atomic mass is 10.1. The molecule has 29 heavy (non-hydrogen) atoms. The molecule has 8 heteroatoms. The number of halogens is 2. The first-order chi connectivity index (χ1) is 14.0.